The molecule has 0 aliphatic rings. The summed E-state index contributed by atoms with van der Waals surface area (Å²) < 4.78 is 25.1. The van der Waals surface area contributed by atoms with Gasteiger partial charge in [0.1, 0.15) is 0 Å². The van der Waals surface area contributed by atoms with Crippen molar-refractivity contribution in [2.45, 2.75) is 18.2 Å². The maximum Gasteiger partial charge on any atom is 0.175 e. The van der Waals surface area contributed by atoms with Crippen LogP contribution < -0.4 is 0 Å². The maximum atomic E-state index is 11.6. The maximum absolute atomic E-state index is 11.6. The summed E-state index contributed by atoms with van der Waals surface area (Å²) in [5.41, 5.74) is 4.42. The van der Waals surface area contributed by atoms with Crippen molar-refractivity contribution in [3.63, 3.8) is 0 Å². The SMILES string of the molecule is CCc1cc(-n2ccnc2)ccc1-c1ccc(S(C)(=O)=O)cc1. The summed E-state index contributed by atoms with van der Waals surface area (Å²) in [5, 5.41) is 0. The van der Waals surface area contributed by atoms with Gasteiger partial charge in [0.25, 0.3) is 0 Å². The van der Waals surface area contributed by atoms with Crippen LogP contribution in [0.2, 0.25) is 0 Å². The lowest BCUT2D eigenvalue weighted by Gasteiger charge is -2.12. The highest BCUT2D eigenvalue weighted by Crippen LogP contribution is 2.27. The van der Waals surface area contributed by atoms with E-state index in [0.29, 0.717) is 4.90 Å². The number of imidazole rings is 1. The predicted octanol–water partition coefficient (Wildman–Crippen LogP) is 3.51. The first kappa shape index (κ1) is 15.5. The lowest BCUT2D eigenvalue weighted by atomic mass is 9.97. The minimum atomic E-state index is -3.16. The Balaban J connectivity index is 2.03. The molecule has 4 nitrogen and oxygen atoms in total. The van der Waals surface area contributed by atoms with Crippen molar-refractivity contribution >= 4 is 9.84 Å². The van der Waals surface area contributed by atoms with Crippen LogP contribution in [-0.4, -0.2) is 24.2 Å². The van der Waals surface area contributed by atoms with E-state index in [1.54, 1.807) is 24.7 Å². The number of sulfone groups is 1. The number of benzene rings is 2. The van der Waals surface area contributed by atoms with Gasteiger partial charge < -0.3 is 4.57 Å². The first-order chi connectivity index (χ1) is 11.0. The smallest absolute Gasteiger partial charge is 0.175 e. The number of hydrogen-bond acceptors (Lipinski definition) is 3. The molecule has 0 saturated carbocycles. The van der Waals surface area contributed by atoms with E-state index < -0.39 is 9.84 Å². The van der Waals surface area contributed by atoms with Gasteiger partial charge in [-0.25, -0.2) is 13.4 Å². The lowest BCUT2D eigenvalue weighted by molar-refractivity contribution is 0.602. The normalized spacial score (nSPS) is 11.6. The zero-order chi connectivity index (χ0) is 16.4. The molecular weight excluding hydrogens is 308 g/mol. The number of rotatable bonds is 4. The number of aromatic nitrogens is 2. The molecule has 1 aromatic heterocycles. The van der Waals surface area contributed by atoms with E-state index in [0.717, 1.165) is 23.2 Å². The van der Waals surface area contributed by atoms with E-state index in [1.807, 2.05) is 29.0 Å². The van der Waals surface area contributed by atoms with Crippen molar-refractivity contribution in [3.05, 3.63) is 66.7 Å². The van der Waals surface area contributed by atoms with Crippen molar-refractivity contribution in [3.8, 4) is 16.8 Å². The Bertz CT molecular complexity index is 912. The van der Waals surface area contributed by atoms with Gasteiger partial charge >= 0.3 is 0 Å². The van der Waals surface area contributed by atoms with E-state index in [-0.39, 0.29) is 0 Å². The fourth-order valence-electron chi connectivity index (χ4n) is 2.61. The quantitative estimate of drug-likeness (QED) is 0.737. The van der Waals surface area contributed by atoms with E-state index in [9.17, 15) is 8.42 Å². The third kappa shape index (κ3) is 3.19. The van der Waals surface area contributed by atoms with Gasteiger partial charge in [-0.15, -0.1) is 0 Å². The zero-order valence-corrected chi connectivity index (χ0v) is 13.9. The third-order valence-corrected chi connectivity index (χ3v) is 4.99. The summed E-state index contributed by atoms with van der Waals surface area (Å²) in [4.78, 5) is 4.42. The van der Waals surface area contributed by atoms with Gasteiger partial charge in [0, 0.05) is 24.3 Å². The molecular formula is C18H18N2O2S. The second-order valence-corrected chi connectivity index (χ2v) is 7.48. The molecule has 0 amide bonds. The van der Waals surface area contributed by atoms with Crippen LogP contribution in [0.15, 0.2) is 66.1 Å². The van der Waals surface area contributed by atoms with Crippen LogP contribution in [0.25, 0.3) is 16.8 Å². The Morgan fingerprint density at radius 1 is 1.09 bits per heavy atom. The highest BCUT2D eigenvalue weighted by atomic mass is 32.2. The molecule has 0 bridgehead atoms. The molecule has 0 aliphatic carbocycles. The van der Waals surface area contributed by atoms with Crippen molar-refractivity contribution < 1.29 is 8.42 Å². The first-order valence-corrected chi connectivity index (χ1v) is 9.30. The fraction of sp³-hybridized carbons (Fsp3) is 0.167. The van der Waals surface area contributed by atoms with Gasteiger partial charge in [-0.2, -0.15) is 0 Å². The molecule has 0 atom stereocenters. The molecule has 0 aliphatic heterocycles. The van der Waals surface area contributed by atoms with E-state index in [4.69, 9.17) is 0 Å². The molecule has 2 aromatic carbocycles. The molecule has 0 saturated heterocycles. The van der Waals surface area contributed by atoms with Crippen molar-refractivity contribution in [2.24, 2.45) is 0 Å². The Morgan fingerprint density at radius 2 is 1.83 bits per heavy atom. The fourth-order valence-corrected chi connectivity index (χ4v) is 3.24. The molecule has 3 rings (SSSR count). The summed E-state index contributed by atoms with van der Waals surface area (Å²) in [6.07, 6.45) is 7.55. The van der Waals surface area contributed by atoms with Crippen LogP contribution >= 0.6 is 0 Å². The zero-order valence-electron chi connectivity index (χ0n) is 13.1. The third-order valence-electron chi connectivity index (χ3n) is 3.87. The van der Waals surface area contributed by atoms with Crippen LogP contribution in [0.3, 0.4) is 0 Å². The molecule has 0 unspecified atom stereocenters. The van der Waals surface area contributed by atoms with Crippen molar-refractivity contribution in [1.82, 2.24) is 9.55 Å². The number of nitrogens with zero attached hydrogens (tertiary/aromatic N) is 2. The molecule has 0 fully saturated rings. The Morgan fingerprint density at radius 3 is 2.39 bits per heavy atom. The molecule has 0 N–H and O–H groups in total. The summed E-state index contributed by atoms with van der Waals surface area (Å²) in [6, 6.07) is 13.3. The molecule has 0 spiro atoms. The van der Waals surface area contributed by atoms with E-state index >= 15 is 0 Å². The van der Waals surface area contributed by atoms with Crippen LogP contribution in [0.1, 0.15) is 12.5 Å². The average Bonchev–Trinajstić information content (AvgIpc) is 3.08. The lowest BCUT2D eigenvalue weighted by Crippen LogP contribution is -1.97. The second kappa shape index (κ2) is 6.01. The van der Waals surface area contributed by atoms with Gasteiger partial charge in [-0.05, 0) is 47.4 Å². The second-order valence-electron chi connectivity index (χ2n) is 5.46. The Labute approximate surface area is 136 Å². The average molecular weight is 326 g/mol. The molecule has 118 valence electrons. The minimum Gasteiger partial charge on any atom is -0.306 e. The molecule has 5 heteroatoms. The standard InChI is InChI=1S/C18H18N2O2S/c1-3-14-12-16(20-11-10-19-13-20)6-9-18(14)15-4-7-17(8-5-15)23(2,21)22/h4-13H,3H2,1-2H3. The highest BCUT2D eigenvalue weighted by Gasteiger charge is 2.09. The van der Waals surface area contributed by atoms with Crippen LogP contribution in [0.4, 0.5) is 0 Å². The first-order valence-electron chi connectivity index (χ1n) is 7.41. The van der Waals surface area contributed by atoms with Gasteiger partial charge in [0.2, 0.25) is 0 Å². The van der Waals surface area contributed by atoms with Gasteiger partial charge in [0.05, 0.1) is 11.2 Å². The van der Waals surface area contributed by atoms with Crippen molar-refractivity contribution in [1.29, 1.82) is 0 Å². The van der Waals surface area contributed by atoms with E-state index in [2.05, 4.69) is 24.0 Å². The minimum absolute atomic E-state index is 0.342. The van der Waals surface area contributed by atoms with Crippen molar-refractivity contribution in [2.75, 3.05) is 6.26 Å². The summed E-state index contributed by atoms with van der Waals surface area (Å²) >= 11 is 0. The summed E-state index contributed by atoms with van der Waals surface area (Å²) in [6.45, 7) is 2.11. The summed E-state index contributed by atoms with van der Waals surface area (Å²) in [7, 11) is -3.16. The summed E-state index contributed by atoms with van der Waals surface area (Å²) in [5.74, 6) is 0. The molecule has 23 heavy (non-hydrogen) atoms. The molecule has 0 radical (unpaired) electrons. The topological polar surface area (TPSA) is 52.0 Å². The number of hydrogen-bond donors (Lipinski definition) is 0. The van der Waals surface area contributed by atoms with E-state index in [1.165, 1.54) is 11.8 Å². The van der Waals surface area contributed by atoms with Gasteiger partial charge in [-0.3, -0.25) is 0 Å². The van der Waals surface area contributed by atoms with Crippen LogP contribution in [0.5, 0.6) is 0 Å². The van der Waals surface area contributed by atoms with Crippen LogP contribution in [-0.2, 0) is 16.3 Å². The Hall–Kier alpha value is -2.40. The van der Waals surface area contributed by atoms with Gasteiger partial charge in [-0.1, -0.05) is 25.1 Å². The number of aryl methyl sites for hydroxylation is 1. The van der Waals surface area contributed by atoms with Gasteiger partial charge in [0.15, 0.2) is 9.84 Å². The largest absolute Gasteiger partial charge is 0.306 e. The molecule has 3 aromatic rings. The monoisotopic (exact) mass is 326 g/mol. The molecule has 1 heterocycles. The Kier molecular flexibility index (Phi) is 4.05. The predicted molar refractivity (Wildman–Crippen MR) is 91.5 cm³/mol. The van der Waals surface area contributed by atoms with Crippen LogP contribution in [0, 0.1) is 0 Å². The highest BCUT2D eigenvalue weighted by molar-refractivity contribution is 7.90.